The average Bonchev–Trinajstić information content (AvgIpc) is 2.34. The molecule has 1 aliphatic rings. The highest BCUT2D eigenvalue weighted by molar-refractivity contribution is 5.81. The highest BCUT2D eigenvalue weighted by Gasteiger charge is 2.22. The zero-order chi connectivity index (χ0) is 14.5. The number of hydrogen-bond acceptors (Lipinski definition) is 2. The minimum Gasteiger partial charge on any atom is -0.350 e. The maximum absolute atomic E-state index is 12.0. The van der Waals surface area contributed by atoms with Gasteiger partial charge >= 0.3 is 0 Å². The molecule has 0 saturated heterocycles. The second kappa shape index (κ2) is 7.28. The number of amides is 1. The molecule has 0 aromatic heterocycles. The van der Waals surface area contributed by atoms with Crippen molar-refractivity contribution >= 4 is 5.91 Å². The lowest BCUT2D eigenvalue weighted by Gasteiger charge is -2.29. The topological polar surface area (TPSA) is 41.1 Å². The van der Waals surface area contributed by atoms with Crippen molar-refractivity contribution in [2.75, 3.05) is 6.54 Å². The lowest BCUT2D eigenvalue weighted by Crippen LogP contribution is -2.50. The van der Waals surface area contributed by atoms with Gasteiger partial charge in [0.1, 0.15) is 0 Å². The third kappa shape index (κ3) is 6.42. The molecular weight excluding hydrogens is 236 g/mol. The summed E-state index contributed by atoms with van der Waals surface area (Å²) in [5, 5.41) is 6.42. The zero-order valence-electron chi connectivity index (χ0n) is 13.4. The molecule has 0 heterocycles. The van der Waals surface area contributed by atoms with Crippen molar-refractivity contribution in [2.45, 2.75) is 78.3 Å². The summed E-state index contributed by atoms with van der Waals surface area (Å²) in [5.41, 5.74) is -0.147. The van der Waals surface area contributed by atoms with Crippen LogP contribution in [0.25, 0.3) is 0 Å². The van der Waals surface area contributed by atoms with E-state index < -0.39 is 0 Å². The third-order valence-electron chi connectivity index (χ3n) is 4.15. The SMILES string of the molecule is CCC1CCC(CNC(C)C(=O)NC(C)(C)C)CC1. The molecule has 1 fully saturated rings. The largest absolute Gasteiger partial charge is 0.350 e. The number of carbonyl (C=O) groups excluding carboxylic acids is 1. The van der Waals surface area contributed by atoms with Crippen molar-refractivity contribution in [1.29, 1.82) is 0 Å². The van der Waals surface area contributed by atoms with Gasteiger partial charge in [-0.3, -0.25) is 4.79 Å². The van der Waals surface area contributed by atoms with E-state index in [-0.39, 0.29) is 17.5 Å². The molecule has 3 heteroatoms. The lowest BCUT2D eigenvalue weighted by molar-refractivity contribution is -0.124. The van der Waals surface area contributed by atoms with E-state index in [2.05, 4.69) is 17.6 Å². The monoisotopic (exact) mass is 268 g/mol. The van der Waals surface area contributed by atoms with E-state index in [9.17, 15) is 4.79 Å². The van der Waals surface area contributed by atoms with Crippen LogP contribution in [0.1, 0.15) is 66.7 Å². The van der Waals surface area contributed by atoms with Crippen LogP contribution in [0.4, 0.5) is 0 Å². The first-order chi connectivity index (χ1) is 8.81. The molecule has 1 aliphatic carbocycles. The molecule has 1 amide bonds. The fraction of sp³-hybridized carbons (Fsp3) is 0.938. The fourth-order valence-corrected chi connectivity index (χ4v) is 2.76. The predicted octanol–water partition coefficient (Wildman–Crippen LogP) is 3.10. The smallest absolute Gasteiger partial charge is 0.237 e. The van der Waals surface area contributed by atoms with Gasteiger partial charge in [-0.05, 0) is 58.9 Å². The van der Waals surface area contributed by atoms with Crippen molar-refractivity contribution in [3.8, 4) is 0 Å². The van der Waals surface area contributed by atoms with Crippen LogP contribution < -0.4 is 10.6 Å². The summed E-state index contributed by atoms with van der Waals surface area (Å²) < 4.78 is 0. The quantitative estimate of drug-likeness (QED) is 0.804. The van der Waals surface area contributed by atoms with Crippen LogP contribution in [-0.2, 0) is 4.79 Å². The van der Waals surface area contributed by atoms with Crippen LogP contribution in [-0.4, -0.2) is 24.0 Å². The molecule has 1 saturated carbocycles. The highest BCUT2D eigenvalue weighted by atomic mass is 16.2. The van der Waals surface area contributed by atoms with Crippen LogP contribution >= 0.6 is 0 Å². The Morgan fingerprint density at radius 2 is 1.68 bits per heavy atom. The Morgan fingerprint density at radius 3 is 2.16 bits per heavy atom. The molecule has 0 radical (unpaired) electrons. The van der Waals surface area contributed by atoms with Gasteiger partial charge in [-0.25, -0.2) is 0 Å². The van der Waals surface area contributed by atoms with Crippen molar-refractivity contribution in [3.63, 3.8) is 0 Å². The first-order valence-corrected chi connectivity index (χ1v) is 7.87. The van der Waals surface area contributed by atoms with Crippen molar-refractivity contribution in [3.05, 3.63) is 0 Å². The summed E-state index contributed by atoms with van der Waals surface area (Å²) in [6.45, 7) is 11.3. The Morgan fingerprint density at radius 1 is 1.16 bits per heavy atom. The minimum atomic E-state index is -0.147. The van der Waals surface area contributed by atoms with Gasteiger partial charge in [0.05, 0.1) is 6.04 Å². The first kappa shape index (κ1) is 16.5. The molecule has 112 valence electrons. The molecule has 3 nitrogen and oxygen atoms in total. The van der Waals surface area contributed by atoms with Gasteiger partial charge in [-0.2, -0.15) is 0 Å². The highest BCUT2D eigenvalue weighted by Crippen LogP contribution is 2.30. The Bertz CT molecular complexity index is 275. The van der Waals surface area contributed by atoms with Crippen molar-refractivity contribution in [2.24, 2.45) is 11.8 Å². The Labute approximate surface area is 118 Å². The van der Waals surface area contributed by atoms with E-state index in [4.69, 9.17) is 0 Å². The summed E-state index contributed by atoms with van der Waals surface area (Å²) in [7, 11) is 0. The Balaban J connectivity index is 2.23. The van der Waals surface area contributed by atoms with E-state index in [0.717, 1.165) is 18.4 Å². The molecule has 2 N–H and O–H groups in total. The first-order valence-electron chi connectivity index (χ1n) is 7.87. The summed E-state index contributed by atoms with van der Waals surface area (Å²) in [4.78, 5) is 12.0. The fourth-order valence-electron chi connectivity index (χ4n) is 2.76. The van der Waals surface area contributed by atoms with Gasteiger partial charge in [-0.15, -0.1) is 0 Å². The van der Waals surface area contributed by atoms with E-state index in [0.29, 0.717) is 0 Å². The third-order valence-corrected chi connectivity index (χ3v) is 4.15. The van der Waals surface area contributed by atoms with Crippen LogP contribution in [0.2, 0.25) is 0 Å². The summed E-state index contributed by atoms with van der Waals surface area (Å²) >= 11 is 0. The van der Waals surface area contributed by atoms with Gasteiger partial charge in [0.2, 0.25) is 5.91 Å². The van der Waals surface area contributed by atoms with Crippen molar-refractivity contribution < 1.29 is 4.79 Å². The van der Waals surface area contributed by atoms with Gasteiger partial charge in [0.25, 0.3) is 0 Å². The average molecular weight is 268 g/mol. The second-order valence-corrected chi connectivity index (χ2v) is 7.16. The molecule has 1 unspecified atom stereocenters. The standard InChI is InChI=1S/C16H32N2O/c1-6-13-7-9-14(10-8-13)11-17-12(2)15(19)18-16(3,4)5/h12-14,17H,6-11H2,1-5H3,(H,18,19). The van der Waals surface area contributed by atoms with Gasteiger partial charge in [0.15, 0.2) is 0 Å². The number of hydrogen-bond donors (Lipinski definition) is 2. The van der Waals surface area contributed by atoms with Crippen LogP contribution in [0.15, 0.2) is 0 Å². The molecule has 1 atom stereocenters. The lowest BCUT2D eigenvalue weighted by atomic mass is 9.81. The Hall–Kier alpha value is -0.570. The summed E-state index contributed by atoms with van der Waals surface area (Å²) in [6.07, 6.45) is 6.69. The van der Waals surface area contributed by atoms with Gasteiger partial charge in [0, 0.05) is 5.54 Å². The maximum Gasteiger partial charge on any atom is 0.237 e. The molecule has 0 aliphatic heterocycles. The van der Waals surface area contributed by atoms with Crippen LogP contribution in [0.5, 0.6) is 0 Å². The second-order valence-electron chi connectivity index (χ2n) is 7.16. The van der Waals surface area contributed by atoms with Crippen LogP contribution in [0.3, 0.4) is 0 Å². The van der Waals surface area contributed by atoms with Gasteiger partial charge in [-0.1, -0.05) is 26.2 Å². The van der Waals surface area contributed by atoms with E-state index in [1.807, 2.05) is 27.7 Å². The van der Waals surface area contributed by atoms with Gasteiger partial charge < -0.3 is 10.6 Å². The molecule has 0 spiro atoms. The predicted molar refractivity (Wildman–Crippen MR) is 81.1 cm³/mol. The summed E-state index contributed by atoms with van der Waals surface area (Å²) in [6, 6.07) is -0.0943. The molecule has 1 rings (SSSR count). The van der Waals surface area contributed by atoms with E-state index in [1.165, 1.54) is 32.1 Å². The maximum atomic E-state index is 12.0. The molecular formula is C16H32N2O. The van der Waals surface area contributed by atoms with E-state index >= 15 is 0 Å². The number of rotatable bonds is 5. The van der Waals surface area contributed by atoms with Crippen LogP contribution in [0, 0.1) is 11.8 Å². The zero-order valence-corrected chi connectivity index (χ0v) is 13.4. The Kier molecular flexibility index (Phi) is 6.31. The summed E-state index contributed by atoms with van der Waals surface area (Å²) in [5.74, 6) is 1.81. The normalized spacial score (nSPS) is 25.9. The molecule has 0 aromatic carbocycles. The molecule has 0 bridgehead atoms. The minimum absolute atomic E-state index is 0.0943. The molecule has 0 aromatic rings. The van der Waals surface area contributed by atoms with Crippen molar-refractivity contribution in [1.82, 2.24) is 10.6 Å². The van der Waals surface area contributed by atoms with E-state index in [1.54, 1.807) is 0 Å². The molecule has 19 heavy (non-hydrogen) atoms. The number of carbonyl (C=O) groups is 1. The number of nitrogens with one attached hydrogen (secondary N) is 2.